The Morgan fingerprint density at radius 3 is 2.76 bits per heavy atom. The van der Waals surface area contributed by atoms with Crippen molar-refractivity contribution in [3.8, 4) is 0 Å². The Balaban J connectivity index is 1.59. The van der Waals surface area contributed by atoms with Gasteiger partial charge in [-0.15, -0.1) is 11.3 Å². The molecule has 4 rings (SSSR count). The number of fused-ring (bicyclic) bond motifs is 2. The number of rotatable bonds is 5. The molecule has 148 valence electrons. The number of ether oxygens (including phenoxy) is 1. The Kier molecular flexibility index (Phi) is 5.76. The zero-order valence-electron chi connectivity index (χ0n) is 16.4. The number of esters is 1. The van der Waals surface area contributed by atoms with E-state index < -0.39 is 0 Å². The predicted octanol–water partition coefficient (Wildman–Crippen LogP) is 5.61. The van der Waals surface area contributed by atoms with Crippen molar-refractivity contribution in [3.63, 3.8) is 0 Å². The van der Waals surface area contributed by atoms with Crippen molar-refractivity contribution in [1.29, 1.82) is 0 Å². The number of carbonyl (C=O) groups excluding carboxylic acids is 2. The van der Waals surface area contributed by atoms with Crippen LogP contribution in [0.1, 0.15) is 46.1 Å². The average molecular weight is 406 g/mol. The maximum absolute atomic E-state index is 12.6. The van der Waals surface area contributed by atoms with Gasteiger partial charge in [-0.1, -0.05) is 42.5 Å². The molecule has 0 spiro atoms. The lowest BCUT2D eigenvalue weighted by atomic mass is 9.95. The van der Waals surface area contributed by atoms with Gasteiger partial charge in [0.1, 0.15) is 5.00 Å². The highest BCUT2D eigenvalue weighted by Gasteiger charge is 2.26. The van der Waals surface area contributed by atoms with Crippen molar-refractivity contribution in [2.75, 3.05) is 11.9 Å². The SMILES string of the molecule is CCOC(=O)c1c(NC(=O)C=Cc2cccc3ccccc23)sc2c1CCCC2. The first-order valence-corrected chi connectivity index (χ1v) is 10.8. The smallest absolute Gasteiger partial charge is 0.341 e. The normalized spacial score (nSPS) is 13.4. The van der Waals surface area contributed by atoms with Crippen molar-refractivity contribution in [2.45, 2.75) is 32.6 Å². The number of thiophene rings is 1. The van der Waals surface area contributed by atoms with Crippen LogP contribution in [0.3, 0.4) is 0 Å². The van der Waals surface area contributed by atoms with E-state index in [-0.39, 0.29) is 11.9 Å². The fourth-order valence-corrected chi connectivity index (χ4v) is 5.07. The molecule has 1 N–H and O–H groups in total. The Morgan fingerprint density at radius 1 is 1.10 bits per heavy atom. The Hall–Kier alpha value is -2.92. The van der Waals surface area contributed by atoms with Crippen molar-refractivity contribution >= 4 is 45.1 Å². The summed E-state index contributed by atoms with van der Waals surface area (Å²) in [7, 11) is 0. The topological polar surface area (TPSA) is 55.4 Å². The summed E-state index contributed by atoms with van der Waals surface area (Å²) in [6.45, 7) is 2.11. The Bertz CT molecular complexity index is 1090. The number of anilines is 1. The molecule has 1 heterocycles. The Labute approximate surface area is 174 Å². The second-order valence-electron chi connectivity index (χ2n) is 7.03. The first-order valence-electron chi connectivity index (χ1n) is 9.96. The van der Waals surface area contributed by atoms with E-state index in [1.807, 2.05) is 36.4 Å². The zero-order valence-corrected chi connectivity index (χ0v) is 17.2. The predicted molar refractivity (Wildman–Crippen MR) is 119 cm³/mol. The lowest BCUT2D eigenvalue weighted by Gasteiger charge is -2.12. The second kappa shape index (κ2) is 8.62. The van der Waals surface area contributed by atoms with Crippen LogP contribution in [0.2, 0.25) is 0 Å². The highest BCUT2D eigenvalue weighted by atomic mass is 32.1. The monoisotopic (exact) mass is 405 g/mol. The van der Waals surface area contributed by atoms with Gasteiger partial charge in [-0.25, -0.2) is 4.79 Å². The number of hydrogen-bond donors (Lipinski definition) is 1. The minimum absolute atomic E-state index is 0.248. The molecular formula is C24H23NO3S. The molecule has 0 atom stereocenters. The molecule has 0 saturated carbocycles. The summed E-state index contributed by atoms with van der Waals surface area (Å²) < 4.78 is 5.25. The van der Waals surface area contributed by atoms with Gasteiger partial charge in [0.2, 0.25) is 5.91 Å². The van der Waals surface area contributed by atoms with E-state index in [1.54, 1.807) is 6.92 Å². The molecule has 0 unspecified atom stereocenters. The van der Waals surface area contributed by atoms with Gasteiger partial charge >= 0.3 is 5.97 Å². The van der Waals surface area contributed by atoms with E-state index in [4.69, 9.17) is 4.74 Å². The van der Waals surface area contributed by atoms with Crippen LogP contribution >= 0.6 is 11.3 Å². The lowest BCUT2D eigenvalue weighted by Crippen LogP contribution is -2.14. The molecule has 5 heteroatoms. The molecule has 1 aliphatic rings. The summed E-state index contributed by atoms with van der Waals surface area (Å²) >= 11 is 1.50. The van der Waals surface area contributed by atoms with Crippen LogP contribution in [0, 0.1) is 0 Å². The molecule has 29 heavy (non-hydrogen) atoms. The van der Waals surface area contributed by atoms with E-state index in [9.17, 15) is 9.59 Å². The van der Waals surface area contributed by atoms with Gasteiger partial charge in [-0.2, -0.15) is 0 Å². The number of amides is 1. The van der Waals surface area contributed by atoms with Gasteiger partial charge in [-0.05, 0) is 60.6 Å². The lowest BCUT2D eigenvalue weighted by molar-refractivity contribution is -0.111. The maximum Gasteiger partial charge on any atom is 0.341 e. The zero-order chi connectivity index (χ0) is 20.2. The molecule has 1 aliphatic carbocycles. The molecular weight excluding hydrogens is 382 g/mol. The van der Waals surface area contributed by atoms with E-state index in [0.29, 0.717) is 17.2 Å². The standard InChI is InChI=1S/C24H23NO3S/c1-2-28-24(27)22-19-12-5-6-13-20(19)29-23(22)25-21(26)15-14-17-10-7-9-16-8-3-4-11-18(16)17/h3-4,7-11,14-15H,2,5-6,12-13H2,1H3,(H,25,26). The highest BCUT2D eigenvalue weighted by Crippen LogP contribution is 2.38. The molecule has 1 amide bonds. The van der Waals surface area contributed by atoms with E-state index in [1.165, 1.54) is 22.3 Å². The van der Waals surface area contributed by atoms with Crippen LogP contribution in [0.15, 0.2) is 48.5 Å². The van der Waals surface area contributed by atoms with Crippen LogP contribution in [-0.4, -0.2) is 18.5 Å². The molecule has 0 saturated heterocycles. The van der Waals surface area contributed by atoms with Crippen LogP contribution in [0.4, 0.5) is 5.00 Å². The second-order valence-corrected chi connectivity index (χ2v) is 8.13. The van der Waals surface area contributed by atoms with Gasteiger partial charge in [0, 0.05) is 11.0 Å². The number of carbonyl (C=O) groups is 2. The van der Waals surface area contributed by atoms with Gasteiger partial charge in [0.25, 0.3) is 0 Å². The third-order valence-corrected chi connectivity index (χ3v) is 6.33. The molecule has 2 aromatic carbocycles. The molecule has 0 fully saturated rings. The summed E-state index contributed by atoms with van der Waals surface area (Å²) in [6, 6.07) is 14.1. The largest absolute Gasteiger partial charge is 0.462 e. The number of benzene rings is 2. The minimum atomic E-state index is -0.347. The molecule has 0 aliphatic heterocycles. The first-order chi connectivity index (χ1) is 14.2. The van der Waals surface area contributed by atoms with Crippen LogP contribution in [0.5, 0.6) is 0 Å². The molecule has 4 nitrogen and oxygen atoms in total. The maximum atomic E-state index is 12.6. The average Bonchev–Trinajstić information content (AvgIpc) is 3.10. The minimum Gasteiger partial charge on any atom is -0.462 e. The summed E-state index contributed by atoms with van der Waals surface area (Å²) in [5, 5.41) is 5.74. The highest BCUT2D eigenvalue weighted by molar-refractivity contribution is 7.17. The van der Waals surface area contributed by atoms with E-state index >= 15 is 0 Å². The van der Waals surface area contributed by atoms with Gasteiger partial charge in [-0.3, -0.25) is 4.79 Å². The summed E-state index contributed by atoms with van der Waals surface area (Å²) in [5.41, 5.74) is 2.57. The molecule has 0 bridgehead atoms. The van der Waals surface area contributed by atoms with Crippen LogP contribution in [0.25, 0.3) is 16.8 Å². The van der Waals surface area contributed by atoms with Crippen molar-refractivity contribution < 1.29 is 14.3 Å². The summed E-state index contributed by atoms with van der Waals surface area (Å²) in [6.07, 6.45) is 7.33. The van der Waals surface area contributed by atoms with Crippen LogP contribution < -0.4 is 5.32 Å². The fraction of sp³-hybridized carbons (Fsp3) is 0.250. The fourth-order valence-electron chi connectivity index (χ4n) is 3.79. The third kappa shape index (κ3) is 4.10. The molecule has 1 aromatic heterocycles. The summed E-state index contributed by atoms with van der Waals surface area (Å²) in [5.74, 6) is -0.595. The number of aryl methyl sites for hydroxylation is 1. The van der Waals surface area contributed by atoms with E-state index in [0.717, 1.165) is 47.6 Å². The van der Waals surface area contributed by atoms with Gasteiger partial charge in [0.15, 0.2) is 0 Å². The van der Waals surface area contributed by atoms with Gasteiger partial charge in [0.05, 0.1) is 12.2 Å². The summed E-state index contributed by atoms with van der Waals surface area (Å²) in [4.78, 5) is 26.3. The molecule has 0 radical (unpaired) electrons. The quantitative estimate of drug-likeness (QED) is 0.443. The van der Waals surface area contributed by atoms with Crippen molar-refractivity contribution in [3.05, 3.63) is 70.1 Å². The van der Waals surface area contributed by atoms with Crippen molar-refractivity contribution in [1.82, 2.24) is 0 Å². The van der Waals surface area contributed by atoms with Gasteiger partial charge < -0.3 is 10.1 Å². The molecule has 3 aromatic rings. The first kappa shape index (κ1) is 19.4. The number of hydrogen-bond acceptors (Lipinski definition) is 4. The van der Waals surface area contributed by atoms with E-state index in [2.05, 4.69) is 17.4 Å². The number of nitrogens with one attached hydrogen (secondary N) is 1. The Morgan fingerprint density at radius 2 is 1.90 bits per heavy atom. The van der Waals surface area contributed by atoms with Crippen molar-refractivity contribution in [2.24, 2.45) is 0 Å². The third-order valence-electron chi connectivity index (χ3n) is 5.13. The van der Waals surface area contributed by atoms with Crippen LogP contribution in [-0.2, 0) is 22.4 Å².